The van der Waals surface area contributed by atoms with Crippen LogP contribution in [0.5, 0.6) is 0 Å². The Morgan fingerprint density at radius 1 is 1.20 bits per heavy atom. The molecule has 1 heterocycles. The molecule has 1 aromatic carbocycles. The number of nitrogens with one attached hydrogen (secondary N) is 1. The van der Waals surface area contributed by atoms with Crippen molar-refractivity contribution in [3.63, 3.8) is 0 Å². The van der Waals surface area contributed by atoms with Crippen molar-refractivity contribution >= 4 is 53.4 Å². The van der Waals surface area contributed by atoms with Gasteiger partial charge in [0.15, 0.2) is 0 Å². The van der Waals surface area contributed by atoms with Crippen molar-refractivity contribution in [2.24, 2.45) is 0 Å². The zero-order valence-corrected chi connectivity index (χ0v) is 13.8. The number of benzene rings is 1. The molecule has 0 atom stereocenters. The molecule has 0 unspecified atom stereocenters. The fraction of sp³-hybridized carbons (Fsp3) is 0. The van der Waals surface area contributed by atoms with Gasteiger partial charge in [-0.05, 0) is 40.2 Å². The molecule has 2 aromatic rings. The van der Waals surface area contributed by atoms with E-state index < -0.39 is 15.8 Å². The zero-order chi connectivity index (χ0) is 14.9. The summed E-state index contributed by atoms with van der Waals surface area (Å²) in [5.74, 6) is -0.866. The second-order valence-corrected chi connectivity index (χ2v) is 7.25. The third kappa shape index (κ3) is 3.28. The molecule has 106 valence electrons. The highest BCUT2D eigenvalue weighted by molar-refractivity contribution is 9.10. The fourth-order valence-electron chi connectivity index (χ4n) is 1.42. The van der Waals surface area contributed by atoms with Crippen molar-refractivity contribution in [3.8, 4) is 0 Å². The second-order valence-electron chi connectivity index (χ2n) is 3.77. The van der Waals surface area contributed by atoms with Gasteiger partial charge in [0.2, 0.25) is 0 Å². The van der Waals surface area contributed by atoms with Gasteiger partial charge in [-0.15, -0.1) is 0 Å². The first-order chi connectivity index (χ1) is 9.29. The number of sulfonamides is 1. The van der Waals surface area contributed by atoms with E-state index >= 15 is 0 Å². The maximum atomic E-state index is 13.6. The first kappa shape index (κ1) is 15.2. The van der Waals surface area contributed by atoms with Gasteiger partial charge in [0.05, 0.1) is 5.69 Å². The minimum absolute atomic E-state index is 0.170. The predicted molar refractivity (Wildman–Crippen MR) is 81.3 cm³/mol. The number of nitrogen functional groups attached to an aromatic ring is 1. The second kappa shape index (κ2) is 5.66. The largest absolute Gasteiger partial charge is 0.383 e. The highest BCUT2D eigenvalue weighted by Crippen LogP contribution is 2.26. The zero-order valence-electron chi connectivity index (χ0n) is 9.77. The van der Waals surface area contributed by atoms with Gasteiger partial charge in [-0.3, -0.25) is 4.72 Å². The van der Waals surface area contributed by atoms with E-state index in [4.69, 9.17) is 5.73 Å². The number of pyridine rings is 1. The molecular formula is C11H8Br2FN3O2S. The summed E-state index contributed by atoms with van der Waals surface area (Å²) in [4.78, 5) is 3.50. The lowest BCUT2D eigenvalue weighted by Crippen LogP contribution is -2.16. The van der Waals surface area contributed by atoms with E-state index in [9.17, 15) is 12.8 Å². The van der Waals surface area contributed by atoms with Crippen molar-refractivity contribution in [2.45, 2.75) is 4.90 Å². The van der Waals surface area contributed by atoms with Crippen LogP contribution in [0.25, 0.3) is 0 Å². The van der Waals surface area contributed by atoms with E-state index in [-0.39, 0.29) is 16.4 Å². The first-order valence-corrected chi connectivity index (χ1v) is 8.25. The highest BCUT2D eigenvalue weighted by atomic mass is 79.9. The molecule has 0 aliphatic rings. The average molecular weight is 425 g/mol. The van der Waals surface area contributed by atoms with E-state index in [1.54, 1.807) is 0 Å². The third-order valence-electron chi connectivity index (χ3n) is 2.31. The number of nitrogens with two attached hydrogens (primary N) is 1. The first-order valence-electron chi connectivity index (χ1n) is 5.18. The summed E-state index contributed by atoms with van der Waals surface area (Å²) in [6.45, 7) is 0. The molecule has 0 spiro atoms. The Bertz CT molecular complexity index is 768. The van der Waals surface area contributed by atoms with Crippen LogP contribution >= 0.6 is 31.9 Å². The summed E-state index contributed by atoms with van der Waals surface area (Å²) < 4.78 is 41.1. The predicted octanol–water partition coefficient (Wildman–Crippen LogP) is 3.13. The van der Waals surface area contributed by atoms with E-state index in [0.29, 0.717) is 8.95 Å². The Balaban J connectivity index is 2.46. The molecule has 0 radical (unpaired) electrons. The molecule has 0 saturated carbocycles. The van der Waals surface area contributed by atoms with Crippen molar-refractivity contribution < 1.29 is 12.8 Å². The molecular weight excluding hydrogens is 417 g/mol. The van der Waals surface area contributed by atoms with Crippen molar-refractivity contribution in [1.29, 1.82) is 0 Å². The van der Waals surface area contributed by atoms with E-state index in [2.05, 4.69) is 41.6 Å². The van der Waals surface area contributed by atoms with Crippen LogP contribution in [-0.2, 0) is 10.0 Å². The average Bonchev–Trinajstić information content (AvgIpc) is 2.36. The SMILES string of the molecule is Nc1ncc(Br)cc1S(=O)(=O)Nc1cc(Br)ccc1F. The molecule has 0 aliphatic carbocycles. The van der Waals surface area contributed by atoms with Gasteiger partial charge < -0.3 is 5.73 Å². The summed E-state index contributed by atoms with van der Waals surface area (Å²) in [6.07, 6.45) is 1.37. The van der Waals surface area contributed by atoms with Crippen LogP contribution < -0.4 is 10.5 Å². The van der Waals surface area contributed by atoms with Crippen LogP contribution in [0.15, 0.2) is 44.3 Å². The summed E-state index contributed by atoms with van der Waals surface area (Å²) in [5, 5.41) is 0. The lowest BCUT2D eigenvalue weighted by Gasteiger charge is -2.11. The maximum Gasteiger partial charge on any atom is 0.265 e. The van der Waals surface area contributed by atoms with Gasteiger partial charge in [0, 0.05) is 15.1 Å². The molecule has 0 saturated heterocycles. The van der Waals surface area contributed by atoms with Gasteiger partial charge in [-0.2, -0.15) is 0 Å². The Kier molecular flexibility index (Phi) is 4.31. The van der Waals surface area contributed by atoms with Gasteiger partial charge in [0.1, 0.15) is 16.5 Å². The quantitative estimate of drug-likeness (QED) is 0.792. The summed E-state index contributed by atoms with van der Waals surface area (Å²) >= 11 is 6.25. The van der Waals surface area contributed by atoms with Gasteiger partial charge in [-0.1, -0.05) is 15.9 Å². The molecule has 9 heteroatoms. The molecule has 20 heavy (non-hydrogen) atoms. The number of halogens is 3. The molecule has 1 aromatic heterocycles. The normalized spacial score (nSPS) is 11.3. The lowest BCUT2D eigenvalue weighted by molar-refractivity contribution is 0.598. The van der Waals surface area contributed by atoms with Crippen LogP contribution in [0.4, 0.5) is 15.9 Å². The smallest absolute Gasteiger partial charge is 0.265 e. The van der Waals surface area contributed by atoms with Gasteiger partial charge >= 0.3 is 0 Å². The van der Waals surface area contributed by atoms with E-state index in [0.717, 1.165) is 6.07 Å². The number of nitrogens with zero attached hydrogens (tertiary/aromatic N) is 1. The number of hydrogen-bond donors (Lipinski definition) is 2. The number of anilines is 2. The molecule has 0 amide bonds. The number of rotatable bonds is 3. The van der Waals surface area contributed by atoms with E-state index in [1.165, 1.54) is 24.4 Å². The summed E-state index contributed by atoms with van der Waals surface area (Å²) in [6, 6.07) is 5.21. The number of aromatic nitrogens is 1. The maximum absolute atomic E-state index is 13.6. The molecule has 5 nitrogen and oxygen atoms in total. The Morgan fingerprint density at radius 2 is 1.90 bits per heavy atom. The fourth-order valence-corrected chi connectivity index (χ4v) is 3.43. The van der Waals surface area contributed by atoms with Crippen molar-refractivity contribution in [2.75, 3.05) is 10.5 Å². The van der Waals surface area contributed by atoms with Gasteiger partial charge in [0.25, 0.3) is 10.0 Å². The van der Waals surface area contributed by atoms with Crippen LogP contribution in [0, 0.1) is 5.82 Å². The monoisotopic (exact) mass is 423 g/mol. The molecule has 0 fully saturated rings. The number of hydrogen-bond acceptors (Lipinski definition) is 4. The van der Waals surface area contributed by atoms with Crippen molar-refractivity contribution in [1.82, 2.24) is 4.98 Å². The molecule has 3 N–H and O–H groups in total. The summed E-state index contributed by atoms with van der Waals surface area (Å²) in [5.41, 5.74) is 5.36. The Morgan fingerprint density at radius 3 is 2.60 bits per heavy atom. The minimum Gasteiger partial charge on any atom is -0.383 e. The summed E-state index contributed by atoms with van der Waals surface area (Å²) in [7, 11) is -4.03. The molecule has 0 bridgehead atoms. The molecule has 0 aliphatic heterocycles. The Labute approximate surface area is 131 Å². The topological polar surface area (TPSA) is 85.1 Å². The van der Waals surface area contributed by atoms with Crippen LogP contribution in [-0.4, -0.2) is 13.4 Å². The molecule has 2 rings (SSSR count). The van der Waals surface area contributed by atoms with Crippen LogP contribution in [0.2, 0.25) is 0 Å². The van der Waals surface area contributed by atoms with Gasteiger partial charge in [-0.25, -0.2) is 17.8 Å². The van der Waals surface area contributed by atoms with Crippen molar-refractivity contribution in [3.05, 3.63) is 45.2 Å². The highest BCUT2D eigenvalue weighted by Gasteiger charge is 2.20. The minimum atomic E-state index is -4.03. The standard InChI is InChI=1S/C11H8Br2FN3O2S/c12-6-1-2-8(14)9(3-6)17-20(18,19)10-4-7(13)5-16-11(10)15/h1-5,17H,(H2,15,16). The van der Waals surface area contributed by atoms with E-state index in [1.807, 2.05) is 0 Å². The van der Waals surface area contributed by atoms with Crippen LogP contribution in [0.3, 0.4) is 0 Å². The third-order valence-corrected chi connectivity index (χ3v) is 4.63. The van der Waals surface area contributed by atoms with Crippen LogP contribution in [0.1, 0.15) is 0 Å². The Hall–Kier alpha value is -1.19. The lowest BCUT2D eigenvalue weighted by atomic mass is 10.3.